The van der Waals surface area contributed by atoms with E-state index in [9.17, 15) is 0 Å². The predicted octanol–water partition coefficient (Wildman–Crippen LogP) is 8.69. The summed E-state index contributed by atoms with van der Waals surface area (Å²) in [5, 5.41) is 0. The SMILES string of the molecule is C=CCCC1(C(C)(c2ccccc2)C2c3ccccc3-c3ccccc32)C=Cc2ccccc21. The summed E-state index contributed by atoms with van der Waals surface area (Å²) in [5.41, 5.74) is 9.42. The smallest absolute Gasteiger partial charge is 0.0247 e. The molecule has 4 aromatic rings. The first-order valence-electron chi connectivity index (χ1n) is 12.3. The molecule has 0 saturated carbocycles. The topological polar surface area (TPSA) is 0 Å². The Labute approximate surface area is 203 Å². The van der Waals surface area contributed by atoms with E-state index in [1.807, 2.05) is 0 Å². The van der Waals surface area contributed by atoms with Gasteiger partial charge in [-0.3, -0.25) is 0 Å². The minimum absolute atomic E-state index is 0.158. The first kappa shape index (κ1) is 20.9. The van der Waals surface area contributed by atoms with Crippen molar-refractivity contribution >= 4 is 6.08 Å². The summed E-state index contributed by atoms with van der Waals surface area (Å²) in [7, 11) is 0. The van der Waals surface area contributed by atoms with E-state index in [1.54, 1.807) is 0 Å². The van der Waals surface area contributed by atoms with Gasteiger partial charge in [0.1, 0.15) is 0 Å². The molecule has 2 unspecified atom stereocenters. The van der Waals surface area contributed by atoms with E-state index < -0.39 is 0 Å². The van der Waals surface area contributed by atoms with E-state index in [0.717, 1.165) is 12.8 Å². The third kappa shape index (κ3) is 2.78. The summed E-state index contributed by atoms with van der Waals surface area (Å²) in [6, 6.07) is 38.3. The summed E-state index contributed by atoms with van der Waals surface area (Å²) < 4.78 is 0. The highest BCUT2D eigenvalue weighted by molar-refractivity contribution is 5.81. The second-order valence-corrected chi connectivity index (χ2v) is 9.90. The van der Waals surface area contributed by atoms with Crippen LogP contribution in [0.3, 0.4) is 0 Å². The molecule has 0 N–H and O–H groups in total. The lowest BCUT2D eigenvalue weighted by Gasteiger charge is -2.51. The Morgan fingerprint density at radius 1 is 0.765 bits per heavy atom. The van der Waals surface area contributed by atoms with Gasteiger partial charge in [-0.05, 0) is 51.8 Å². The number of hydrogen-bond donors (Lipinski definition) is 0. The zero-order valence-electron chi connectivity index (χ0n) is 19.7. The number of fused-ring (bicyclic) bond motifs is 4. The summed E-state index contributed by atoms with van der Waals surface area (Å²) >= 11 is 0. The molecule has 0 fully saturated rings. The first-order chi connectivity index (χ1) is 16.7. The monoisotopic (exact) mass is 438 g/mol. The van der Waals surface area contributed by atoms with Gasteiger partial charge in [0.2, 0.25) is 0 Å². The molecule has 34 heavy (non-hydrogen) atoms. The van der Waals surface area contributed by atoms with Crippen molar-refractivity contribution in [2.24, 2.45) is 0 Å². The Kier molecular flexibility index (Phi) is 4.92. The first-order valence-corrected chi connectivity index (χ1v) is 12.3. The Bertz CT molecular complexity index is 1350. The molecule has 0 heterocycles. The molecule has 2 aliphatic rings. The van der Waals surface area contributed by atoms with Crippen LogP contribution in [-0.2, 0) is 10.8 Å². The molecule has 0 nitrogen and oxygen atoms in total. The summed E-state index contributed by atoms with van der Waals surface area (Å²) in [5.74, 6) is 0.239. The van der Waals surface area contributed by atoms with Crippen LogP contribution in [0, 0.1) is 0 Å². The summed E-state index contributed by atoms with van der Waals surface area (Å²) in [4.78, 5) is 0. The fourth-order valence-corrected chi connectivity index (χ4v) is 6.87. The molecular weight excluding hydrogens is 408 g/mol. The minimum atomic E-state index is -0.205. The second-order valence-electron chi connectivity index (χ2n) is 9.90. The highest BCUT2D eigenvalue weighted by atomic mass is 14.6. The minimum Gasteiger partial charge on any atom is -0.103 e. The van der Waals surface area contributed by atoms with Crippen molar-refractivity contribution in [3.63, 3.8) is 0 Å². The lowest BCUT2D eigenvalue weighted by molar-refractivity contribution is 0.248. The van der Waals surface area contributed by atoms with Gasteiger partial charge < -0.3 is 0 Å². The van der Waals surface area contributed by atoms with Crippen molar-refractivity contribution < 1.29 is 0 Å². The van der Waals surface area contributed by atoms with Gasteiger partial charge in [-0.1, -0.05) is 128 Å². The van der Waals surface area contributed by atoms with E-state index in [1.165, 1.54) is 38.9 Å². The Hall–Kier alpha value is -3.64. The molecule has 0 amide bonds. The van der Waals surface area contributed by atoms with E-state index in [4.69, 9.17) is 0 Å². The van der Waals surface area contributed by atoms with Gasteiger partial charge in [0.15, 0.2) is 0 Å². The van der Waals surface area contributed by atoms with Crippen molar-refractivity contribution in [3.05, 3.63) is 150 Å². The third-order valence-electron chi connectivity index (χ3n) is 8.44. The lowest BCUT2D eigenvalue weighted by atomic mass is 9.50. The highest BCUT2D eigenvalue weighted by Gasteiger charge is 2.57. The van der Waals surface area contributed by atoms with E-state index in [0.29, 0.717) is 0 Å². The van der Waals surface area contributed by atoms with Crippen LogP contribution < -0.4 is 0 Å². The number of hydrogen-bond acceptors (Lipinski definition) is 0. The largest absolute Gasteiger partial charge is 0.103 e. The van der Waals surface area contributed by atoms with Crippen LogP contribution in [0.4, 0.5) is 0 Å². The predicted molar refractivity (Wildman–Crippen MR) is 144 cm³/mol. The Balaban J connectivity index is 1.71. The molecule has 0 radical (unpaired) electrons. The molecule has 0 heteroatoms. The molecule has 6 rings (SSSR count). The van der Waals surface area contributed by atoms with Gasteiger partial charge in [0.25, 0.3) is 0 Å². The van der Waals surface area contributed by atoms with Gasteiger partial charge in [-0.15, -0.1) is 6.58 Å². The van der Waals surface area contributed by atoms with Crippen LogP contribution >= 0.6 is 0 Å². The normalized spacial score (nSPS) is 19.8. The molecule has 166 valence electrons. The standard InChI is InChI=1S/C34H30/c1-3-4-23-34(24-22-25-14-8-13-21-31(25)34)33(2,26-15-6-5-7-16-26)32-29-19-11-9-17-27(29)28-18-10-12-20-30(28)32/h3,5-22,24,32H,1,4,23H2,2H3. The maximum absolute atomic E-state index is 4.11. The van der Waals surface area contributed by atoms with Crippen molar-refractivity contribution in [2.45, 2.75) is 36.5 Å². The molecule has 0 spiro atoms. The molecular formula is C34H30. The number of rotatable bonds is 6. The van der Waals surface area contributed by atoms with Gasteiger partial charge in [0, 0.05) is 16.7 Å². The van der Waals surface area contributed by atoms with Gasteiger partial charge in [0.05, 0.1) is 0 Å². The van der Waals surface area contributed by atoms with Crippen LogP contribution in [0.1, 0.15) is 53.5 Å². The van der Waals surface area contributed by atoms with Crippen molar-refractivity contribution in [3.8, 4) is 11.1 Å². The van der Waals surface area contributed by atoms with Crippen molar-refractivity contribution in [2.75, 3.05) is 0 Å². The van der Waals surface area contributed by atoms with E-state index >= 15 is 0 Å². The van der Waals surface area contributed by atoms with Gasteiger partial charge in [-0.25, -0.2) is 0 Å². The average Bonchev–Trinajstić information content (AvgIpc) is 3.45. The van der Waals surface area contributed by atoms with Crippen molar-refractivity contribution in [1.82, 2.24) is 0 Å². The Morgan fingerprint density at radius 3 is 2.03 bits per heavy atom. The number of allylic oxidation sites excluding steroid dienone is 2. The van der Waals surface area contributed by atoms with E-state index in [-0.39, 0.29) is 16.7 Å². The van der Waals surface area contributed by atoms with Gasteiger partial charge in [-0.2, -0.15) is 0 Å². The van der Waals surface area contributed by atoms with Crippen LogP contribution in [0.15, 0.2) is 122 Å². The molecule has 0 saturated heterocycles. The maximum atomic E-state index is 4.11. The molecule has 2 atom stereocenters. The molecule has 0 aliphatic heterocycles. The summed E-state index contributed by atoms with van der Waals surface area (Å²) in [6.07, 6.45) is 8.94. The molecule has 0 bridgehead atoms. The molecule has 2 aliphatic carbocycles. The fraction of sp³-hybridized carbons (Fsp3) is 0.176. The number of benzene rings is 4. The molecule has 0 aromatic heterocycles. The van der Waals surface area contributed by atoms with Crippen LogP contribution in [0.5, 0.6) is 0 Å². The zero-order valence-corrected chi connectivity index (χ0v) is 19.7. The summed E-state index contributed by atoms with van der Waals surface area (Å²) in [6.45, 7) is 6.62. The quantitative estimate of drug-likeness (QED) is 0.264. The maximum Gasteiger partial charge on any atom is 0.0247 e. The van der Waals surface area contributed by atoms with Gasteiger partial charge >= 0.3 is 0 Å². The third-order valence-corrected chi connectivity index (χ3v) is 8.44. The highest BCUT2D eigenvalue weighted by Crippen LogP contribution is 2.63. The fourth-order valence-electron chi connectivity index (χ4n) is 6.87. The van der Waals surface area contributed by atoms with Crippen LogP contribution in [0.2, 0.25) is 0 Å². The molecule has 4 aromatic carbocycles. The second kappa shape index (κ2) is 7.99. The van der Waals surface area contributed by atoms with Crippen LogP contribution in [0.25, 0.3) is 17.2 Å². The lowest BCUT2D eigenvalue weighted by Crippen LogP contribution is -2.49. The van der Waals surface area contributed by atoms with Crippen LogP contribution in [-0.4, -0.2) is 0 Å². The van der Waals surface area contributed by atoms with E-state index in [2.05, 4.69) is 135 Å². The zero-order chi connectivity index (χ0) is 23.2. The average molecular weight is 439 g/mol. The van der Waals surface area contributed by atoms with Crippen molar-refractivity contribution in [1.29, 1.82) is 0 Å². The Morgan fingerprint density at radius 2 is 1.35 bits per heavy atom.